The number of rotatable bonds is 5. The zero-order valence-electron chi connectivity index (χ0n) is 16.3. The smallest absolute Gasteiger partial charge is 0.254 e. The van der Waals surface area contributed by atoms with Crippen molar-refractivity contribution in [1.29, 1.82) is 0 Å². The Bertz CT molecular complexity index is 1040. The minimum absolute atomic E-state index is 0.291. The molecule has 3 aromatic rings. The van der Waals surface area contributed by atoms with Crippen LogP contribution < -0.4 is 10.6 Å². The number of oxazole rings is 1. The minimum Gasteiger partial charge on any atom is -0.422 e. The van der Waals surface area contributed by atoms with Gasteiger partial charge in [-0.15, -0.1) is 0 Å². The fraction of sp³-hybridized carbons (Fsp3) is 0.333. The fourth-order valence-corrected chi connectivity index (χ4v) is 2.43. The van der Waals surface area contributed by atoms with Crippen molar-refractivity contribution in [2.75, 3.05) is 17.7 Å². The van der Waals surface area contributed by atoms with Crippen LogP contribution in [0.1, 0.15) is 38.5 Å². The normalized spacial score (nSPS) is 12.7. The van der Waals surface area contributed by atoms with Gasteiger partial charge in [-0.25, -0.2) is 19.3 Å². The van der Waals surface area contributed by atoms with Crippen molar-refractivity contribution >= 4 is 28.8 Å². The van der Waals surface area contributed by atoms with Crippen LogP contribution in [0.15, 0.2) is 33.5 Å². The molecule has 0 unspecified atom stereocenters. The molecule has 0 aromatic carbocycles. The number of allylic oxidation sites excluding steroid dienone is 1. The van der Waals surface area contributed by atoms with Crippen LogP contribution in [0, 0.1) is 12.7 Å². The summed E-state index contributed by atoms with van der Waals surface area (Å²) in [6, 6.07) is -0.355. The lowest BCUT2D eigenvalue weighted by Gasteiger charge is -2.13. The van der Waals surface area contributed by atoms with E-state index in [1.165, 1.54) is 0 Å². The highest BCUT2D eigenvalue weighted by molar-refractivity contribution is 6.06. The number of nitrogens with zero attached hydrogens (tertiary/aromatic N) is 6. The van der Waals surface area contributed by atoms with E-state index < -0.39 is 5.82 Å². The van der Waals surface area contributed by atoms with Crippen LogP contribution in [0.5, 0.6) is 0 Å². The fourth-order valence-electron chi connectivity index (χ4n) is 2.43. The Hall–Kier alpha value is -3.43. The maximum Gasteiger partial charge on any atom is 0.254 e. The summed E-state index contributed by atoms with van der Waals surface area (Å²) in [6.07, 6.45) is 4.12. The molecular formula is C18H21FN8O. The third-order valence-electron chi connectivity index (χ3n) is 3.65. The molecule has 0 aliphatic rings. The average Bonchev–Trinajstić information content (AvgIpc) is 3.01. The van der Waals surface area contributed by atoms with Crippen LogP contribution in [-0.4, -0.2) is 37.8 Å². The van der Waals surface area contributed by atoms with Gasteiger partial charge < -0.3 is 15.1 Å². The summed E-state index contributed by atoms with van der Waals surface area (Å²) in [5, 5.41) is 6.26. The predicted molar refractivity (Wildman–Crippen MR) is 105 cm³/mol. The molecule has 10 heteroatoms. The lowest BCUT2D eigenvalue weighted by atomic mass is 10.3. The molecular weight excluding hydrogens is 363 g/mol. The topological polar surface area (TPSA) is 114 Å². The zero-order chi connectivity index (χ0) is 20.3. The van der Waals surface area contributed by atoms with Gasteiger partial charge in [0, 0.05) is 14.0 Å². The molecule has 0 saturated heterocycles. The van der Waals surface area contributed by atoms with Gasteiger partial charge in [-0.2, -0.15) is 9.97 Å². The highest BCUT2D eigenvalue weighted by atomic mass is 19.1. The molecule has 9 nitrogen and oxygen atoms in total. The molecule has 146 valence electrons. The van der Waals surface area contributed by atoms with Crippen LogP contribution in [0.2, 0.25) is 0 Å². The number of aromatic nitrogens is 5. The summed E-state index contributed by atoms with van der Waals surface area (Å²) in [5.41, 5.74) is 1.91. The number of aryl methyl sites for hydroxylation is 1. The van der Waals surface area contributed by atoms with Gasteiger partial charge >= 0.3 is 0 Å². The van der Waals surface area contributed by atoms with Gasteiger partial charge in [0.05, 0.1) is 18.4 Å². The average molecular weight is 384 g/mol. The molecule has 3 heterocycles. The van der Waals surface area contributed by atoms with Crippen molar-refractivity contribution < 1.29 is 8.81 Å². The molecule has 0 spiro atoms. The van der Waals surface area contributed by atoms with Gasteiger partial charge in [-0.1, -0.05) is 5.57 Å². The Balaban J connectivity index is 1.95. The van der Waals surface area contributed by atoms with E-state index in [0.717, 1.165) is 18.0 Å². The number of nitrogens with one attached hydrogen (secondary N) is 2. The van der Waals surface area contributed by atoms with Gasteiger partial charge in [0.2, 0.25) is 5.95 Å². The maximum atomic E-state index is 13.0. The van der Waals surface area contributed by atoms with E-state index in [0.29, 0.717) is 40.5 Å². The molecule has 0 bridgehead atoms. The molecule has 0 radical (unpaired) electrons. The lowest BCUT2D eigenvalue weighted by molar-refractivity contribution is 0.551. The largest absolute Gasteiger partial charge is 0.422 e. The molecule has 0 saturated carbocycles. The predicted octanol–water partition coefficient (Wildman–Crippen LogP) is 3.43. The number of amidine groups is 1. The second-order valence-electron chi connectivity index (χ2n) is 6.36. The molecule has 0 aliphatic heterocycles. The van der Waals surface area contributed by atoms with E-state index >= 15 is 0 Å². The van der Waals surface area contributed by atoms with Gasteiger partial charge in [-0.05, 0) is 26.8 Å². The number of hydrogen-bond acceptors (Lipinski definition) is 8. The van der Waals surface area contributed by atoms with Crippen molar-refractivity contribution in [2.45, 2.75) is 33.7 Å². The molecule has 2 N–H and O–H groups in total. The van der Waals surface area contributed by atoms with Gasteiger partial charge in [0.15, 0.2) is 23.0 Å². The van der Waals surface area contributed by atoms with E-state index in [1.54, 1.807) is 14.0 Å². The first-order chi connectivity index (χ1) is 13.4. The molecule has 0 aliphatic carbocycles. The summed E-state index contributed by atoms with van der Waals surface area (Å²) in [7, 11) is 1.68. The van der Waals surface area contributed by atoms with Crippen LogP contribution in [0.25, 0.3) is 11.2 Å². The highest BCUT2D eigenvalue weighted by Gasteiger charge is 2.17. The van der Waals surface area contributed by atoms with Gasteiger partial charge in [0.25, 0.3) is 5.71 Å². The highest BCUT2D eigenvalue weighted by Crippen LogP contribution is 2.24. The summed E-state index contributed by atoms with van der Waals surface area (Å²) >= 11 is 0. The number of fused-ring (bicyclic) bond motifs is 1. The SMILES string of the molecule is C/N=C(\C=C(C)C)Nc1nc(N[C@@H](C)c2ncc(F)cn2)nc2oc(C)nc12. The van der Waals surface area contributed by atoms with Crippen LogP contribution >= 0.6 is 0 Å². The standard InChI is InChI=1S/C18H21FN8O/c1-9(2)6-13(20-5)25-16-14-17(28-11(4)24-14)27-18(26-16)23-10(3)15-21-7-12(19)8-22-15/h6-8,10H,1-5H3,(H2,20,23,25,26,27)/t10-/m0/s1. The molecule has 1 atom stereocenters. The summed E-state index contributed by atoms with van der Waals surface area (Å²) in [4.78, 5) is 25.4. The summed E-state index contributed by atoms with van der Waals surface area (Å²) in [6.45, 7) is 7.50. The molecule has 0 fully saturated rings. The lowest BCUT2D eigenvalue weighted by Crippen LogP contribution is -2.15. The monoisotopic (exact) mass is 384 g/mol. The van der Waals surface area contributed by atoms with E-state index in [4.69, 9.17) is 4.42 Å². The molecule has 28 heavy (non-hydrogen) atoms. The first-order valence-electron chi connectivity index (χ1n) is 8.63. The molecule has 0 amide bonds. The van der Waals surface area contributed by atoms with Crippen LogP contribution in [0.3, 0.4) is 0 Å². The maximum absolute atomic E-state index is 13.0. The first-order valence-corrected chi connectivity index (χ1v) is 8.63. The van der Waals surface area contributed by atoms with Crippen LogP contribution in [-0.2, 0) is 0 Å². The second-order valence-corrected chi connectivity index (χ2v) is 6.36. The summed E-state index contributed by atoms with van der Waals surface area (Å²) in [5.74, 6) is 1.75. The van der Waals surface area contributed by atoms with E-state index in [1.807, 2.05) is 26.8 Å². The van der Waals surface area contributed by atoms with E-state index in [9.17, 15) is 4.39 Å². The van der Waals surface area contributed by atoms with Crippen molar-refractivity contribution in [3.8, 4) is 0 Å². The summed E-state index contributed by atoms with van der Waals surface area (Å²) < 4.78 is 18.6. The quantitative estimate of drug-likeness (QED) is 0.508. The van der Waals surface area contributed by atoms with Gasteiger partial charge in [-0.3, -0.25) is 4.99 Å². The Morgan fingerprint density at radius 3 is 2.57 bits per heavy atom. The number of halogens is 1. The van der Waals surface area contributed by atoms with Crippen LogP contribution in [0.4, 0.5) is 16.2 Å². The molecule has 3 rings (SSSR count). The third kappa shape index (κ3) is 4.45. The third-order valence-corrected chi connectivity index (χ3v) is 3.65. The Labute approximate surface area is 161 Å². The first kappa shape index (κ1) is 19.3. The Morgan fingerprint density at radius 2 is 1.93 bits per heavy atom. The van der Waals surface area contributed by atoms with Gasteiger partial charge in [0.1, 0.15) is 11.7 Å². The van der Waals surface area contributed by atoms with Crippen molar-refractivity contribution in [2.24, 2.45) is 4.99 Å². The second kappa shape index (κ2) is 8.07. The Morgan fingerprint density at radius 1 is 1.21 bits per heavy atom. The number of hydrogen-bond donors (Lipinski definition) is 2. The zero-order valence-corrected chi connectivity index (χ0v) is 16.3. The Kier molecular flexibility index (Phi) is 5.57. The number of aliphatic imine (C=N–C) groups is 1. The number of anilines is 2. The minimum atomic E-state index is -0.497. The van der Waals surface area contributed by atoms with E-state index in [-0.39, 0.29) is 6.04 Å². The van der Waals surface area contributed by atoms with Crippen molar-refractivity contribution in [1.82, 2.24) is 24.9 Å². The molecule has 3 aromatic heterocycles. The van der Waals surface area contributed by atoms with E-state index in [2.05, 4.69) is 40.5 Å². The van der Waals surface area contributed by atoms with Crippen molar-refractivity contribution in [3.05, 3.63) is 41.6 Å². The van der Waals surface area contributed by atoms with Crippen molar-refractivity contribution in [3.63, 3.8) is 0 Å².